The smallest absolute Gasteiger partial charge is 0.311 e. The van der Waals surface area contributed by atoms with Crippen LogP contribution in [0.1, 0.15) is 11.1 Å². The summed E-state index contributed by atoms with van der Waals surface area (Å²) >= 11 is 5.78. The summed E-state index contributed by atoms with van der Waals surface area (Å²) in [6.45, 7) is 1.92. The number of nitro benzene ring substituents is 1. The third-order valence-electron chi connectivity index (χ3n) is 2.75. The van der Waals surface area contributed by atoms with Gasteiger partial charge in [0.1, 0.15) is 5.75 Å². The Morgan fingerprint density at radius 1 is 1.26 bits per heavy atom. The van der Waals surface area contributed by atoms with Crippen molar-refractivity contribution in [1.29, 1.82) is 0 Å². The molecule has 0 saturated heterocycles. The predicted octanol–water partition coefficient (Wildman–Crippen LogP) is 4.43. The molecule has 0 aliphatic carbocycles. The van der Waals surface area contributed by atoms with E-state index in [2.05, 4.69) is 0 Å². The molecule has 0 aliphatic rings. The summed E-state index contributed by atoms with van der Waals surface area (Å²) in [4.78, 5) is 10.4. The lowest BCUT2D eigenvalue weighted by molar-refractivity contribution is -0.385. The molecule has 98 valence electrons. The number of alkyl halides is 1. The molecule has 0 amide bonds. The van der Waals surface area contributed by atoms with Gasteiger partial charge >= 0.3 is 5.69 Å². The second-order valence-electron chi connectivity index (χ2n) is 4.05. The third-order valence-corrected chi connectivity index (χ3v) is 3.04. The number of benzene rings is 2. The molecule has 0 unspecified atom stereocenters. The Hall–Kier alpha value is -2.07. The van der Waals surface area contributed by atoms with Gasteiger partial charge < -0.3 is 4.74 Å². The summed E-state index contributed by atoms with van der Waals surface area (Å²) in [6, 6.07) is 11.7. The van der Waals surface area contributed by atoms with Crippen molar-refractivity contribution < 1.29 is 9.66 Å². The Balaban J connectivity index is 2.31. The first-order valence-corrected chi connectivity index (χ1v) is 6.22. The van der Waals surface area contributed by atoms with Gasteiger partial charge in [0.15, 0.2) is 0 Å². The Labute approximate surface area is 115 Å². The van der Waals surface area contributed by atoms with Gasteiger partial charge in [-0.05, 0) is 36.2 Å². The van der Waals surface area contributed by atoms with Gasteiger partial charge in [-0.15, -0.1) is 11.6 Å². The summed E-state index contributed by atoms with van der Waals surface area (Å²) in [5, 5.41) is 10.9. The van der Waals surface area contributed by atoms with Crippen LogP contribution < -0.4 is 4.74 Å². The number of ether oxygens (including phenoxy) is 1. The highest BCUT2D eigenvalue weighted by Crippen LogP contribution is 2.31. The molecule has 2 rings (SSSR count). The molecule has 0 bridgehead atoms. The van der Waals surface area contributed by atoms with Crippen LogP contribution in [0.25, 0.3) is 0 Å². The number of rotatable bonds is 4. The molecule has 0 saturated carbocycles. The molecule has 0 fully saturated rings. The number of nitro groups is 1. The molecular weight excluding hydrogens is 266 g/mol. The van der Waals surface area contributed by atoms with Crippen LogP contribution in [-0.4, -0.2) is 4.92 Å². The number of halogens is 1. The lowest BCUT2D eigenvalue weighted by Gasteiger charge is -2.08. The maximum atomic E-state index is 10.9. The van der Waals surface area contributed by atoms with Crippen LogP contribution in [0, 0.1) is 17.0 Å². The van der Waals surface area contributed by atoms with Crippen molar-refractivity contribution in [1.82, 2.24) is 0 Å². The number of para-hydroxylation sites is 2. The van der Waals surface area contributed by atoms with Crippen molar-refractivity contribution >= 4 is 17.3 Å². The van der Waals surface area contributed by atoms with E-state index >= 15 is 0 Å². The average Bonchev–Trinajstić information content (AvgIpc) is 2.39. The molecule has 0 heterocycles. The first-order chi connectivity index (χ1) is 9.11. The molecule has 5 heteroatoms. The maximum absolute atomic E-state index is 10.9. The number of hydrogen-bond acceptors (Lipinski definition) is 3. The van der Waals surface area contributed by atoms with E-state index in [9.17, 15) is 10.1 Å². The fraction of sp³-hybridized carbons (Fsp3) is 0.143. The second-order valence-corrected chi connectivity index (χ2v) is 4.32. The lowest BCUT2D eigenvalue weighted by atomic mass is 10.1. The minimum atomic E-state index is -0.463. The minimum Gasteiger partial charge on any atom is -0.450 e. The highest BCUT2D eigenvalue weighted by Gasteiger charge is 2.14. The summed E-state index contributed by atoms with van der Waals surface area (Å²) < 4.78 is 5.57. The van der Waals surface area contributed by atoms with Crippen molar-refractivity contribution in [2.24, 2.45) is 0 Å². The van der Waals surface area contributed by atoms with Crippen molar-refractivity contribution in [3.8, 4) is 11.5 Å². The Kier molecular flexibility index (Phi) is 4.02. The van der Waals surface area contributed by atoms with Gasteiger partial charge in [0, 0.05) is 11.9 Å². The molecule has 4 nitrogen and oxygen atoms in total. The first-order valence-electron chi connectivity index (χ1n) is 5.68. The molecule has 0 N–H and O–H groups in total. The van der Waals surface area contributed by atoms with Gasteiger partial charge in [0.05, 0.1) is 4.92 Å². The van der Waals surface area contributed by atoms with Crippen LogP contribution in [0.5, 0.6) is 11.5 Å². The largest absolute Gasteiger partial charge is 0.450 e. The van der Waals surface area contributed by atoms with Crippen molar-refractivity contribution in [3.63, 3.8) is 0 Å². The topological polar surface area (TPSA) is 52.4 Å². The normalized spacial score (nSPS) is 10.2. The Bertz CT molecular complexity index is 613. The van der Waals surface area contributed by atoms with Gasteiger partial charge in [-0.3, -0.25) is 10.1 Å². The lowest BCUT2D eigenvalue weighted by Crippen LogP contribution is -1.94. The zero-order valence-corrected chi connectivity index (χ0v) is 11.1. The summed E-state index contributed by atoms with van der Waals surface area (Å²) in [6.07, 6.45) is 0. The average molecular weight is 278 g/mol. The highest BCUT2D eigenvalue weighted by atomic mass is 35.5. The van der Waals surface area contributed by atoms with E-state index in [1.165, 1.54) is 6.07 Å². The van der Waals surface area contributed by atoms with Crippen molar-refractivity contribution in [3.05, 3.63) is 63.7 Å². The Morgan fingerprint density at radius 2 is 2.00 bits per heavy atom. The number of aryl methyl sites for hydroxylation is 1. The van der Waals surface area contributed by atoms with Crippen LogP contribution in [0.15, 0.2) is 42.5 Å². The van der Waals surface area contributed by atoms with Crippen LogP contribution in [0.2, 0.25) is 0 Å². The van der Waals surface area contributed by atoms with E-state index in [0.29, 0.717) is 11.6 Å². The summed E-state index contributed by atoms with van der Waals surface area (Å²) in [7, 11) is 0. The van der Waals surface area contributed by atoms with E-state index in [0.717, 1.165) is 11.1 Å². The second kappa shape index (κ2) is 5.71. The van der Waals surface area contributed by atoms with Gasteiger partial charge in [-0.25, -0.2) is 0 Å². The fourth-order valence-corrected chi connectivity index (χ4v) is 2.00. The van der Waals surface area contributed by atoms with Crippen LogP contribution in [0.3, 0.4) is 0 Å². The zero-order valence-electron chi connectivity index (χ0n) is 10.3. The van der Waals surface area contributed by atoms with Crippen LogP contribution >= 0.6 is 11.6 Å². The van der Waals surface area contributed by atoms with Gasteiger partial charge in [0.25, 0.3) is 0 Å². The van der Waals surface area contributed by atoms with Crippen molar-refractivity contribution in [2.75, 3.05) is 0 Å². The predicted molar refractivity (Wildman–Crippen MR) is 73.9 cm³/mol. The molecule has 0 spiro atoms. The highest BCUT2D eigenvalue weighted by molar-refractivity contribution is 6.17. The molecule has 19 heavy (non-hydrogen) atoms. The zero-order chi connectivity index (χ0) is 13.8. The van der Waals surface area contributed by atoms with E-state index in [1.807, 2.05) is 19.1 Å². The van der Waals surface area contributed by atoms with Gasteiger partial charge in [0.2, 0.25) is 5.75 Å². The van der Waals surface area contributed by atoms with Crippen LogP contribution in [-0.2, 0) is 5.88 Å². The number of hydrogen-bond donors (Lipinski definition) is 0. The number of nitrogens with zero attached hydrogens (tertiary/aromatic N) is 1. The van der Waals surface area contributed by atoms with E-state index in [-0.39, 0.29) is 11.4 Å². The van der Waals surface area contributed by atoms with E-state index < -0.39 is 4.92 Å². The quantitative estimate of drug-likeness (QED) is 0.472. The van der Waals surface area contributed by atoms with Gasteiger partial charge in [-0.2, -0.15) is 0 Å². The molecule has 0 radical (unpaired) electrons. The van der Waals surface area contributed by atoms with Crippen molar-refractivity contribution in [2.45, 2.75) is 12.8 Å². The van der Waals surface area contributed by atoms with Crippen LogP contribution in [0.4, 0.5) is 5.69 Å². The maximum Gasteiger partial charge on any atom is 0.311 e. The SMILES string of the molecule is Cc1cc(Oc2ccccc2[N+](=O)[O-])ccc1CCl. The molecule has 0 aliphatic heterocycles. The summed E-state index contributed by atoms with van der Waals surface area (Å²) in [5.41, 5.74) is 1.95. The summed E-state index contributed by atoms with van der Waals surface area (Å²) in [5.74, 6) is 1.21. The van der Waals surface area contributed by atoms with E-state index in [1.54, 1.807) is 24.3 Å². The minimum absolute atomic E-state index is 0.0541. The van der Waals surface area contributed by atoms with Gasteiger partial charge in [-0.1, -0.05) is 18.2 Å². The molecular formula is C14H12ClNO3. The fourth-order valence-electron chi connectivity index (χ4n) is 1.70. The van der Waals surface area contributed by atoms with E-state index in [4.69, 9.17) is 16.3 Å². The first kappa shape index (κ1) is 13.4. The molecule has 0 aromatic heterocycles. The molecule has 2 aromatic rings. The standard InChI is InChI=1S/C14H12ClNO3/c1-10-8-12(7-6-11(10)9-15)19-14-5-3-2-4-13(14)16(17)18/h2-8H,9H2,1H3. The third kappa shape index (κ3) is 3.03. The Morgan fingerprint density at radius 3 is 2.63 bits per heavy atom. The molecule has 2 aromatic carbocycles. The monoisotopic (exact) mass is 277 g/mol. The molecule has 0 atom stereocenters.